The SMILES string of the molecule is COc1ccc(C23CCC(CN(c4cccc(-c5cnn(C6CC6)c5)c4)C(=O)[C@H]4CC[C@H](NCOC(C)(C)C)CC4)(CC2)CC3)cc1C. The van der Waals surface area contributed by atoms with Crippen LogP contribution in [0, 0.1) is 18.3 Å². The van der Waals surface area contributed by atoms with Crippen LogP contribution in [0.3, 0.4) is 0 Å². The van der Waals surface area contributed by atoms with E-state index < -0.39 is 0 Å². The van der Waals surface area contributed by atoms with Gasteiger partial charge in [0.2, 0.25) is 5.91 Å². The standard InChI is InChI=1S/C41H56N4O3/c1-29-23-33(11-16-37(29)47-5)41-20-17-40(18-21-41,19-22-41)27-44(38(46)30-9-12-34(13-10-30)42-28-48-39(2,3)4)36-8-6-7-31(24-36)32-25-43-45(26-32)35-14-15-35/h6-8,11,16,23-26,30,34-35,42H,9-10,12-15,17-22,27-28H2,1-5H3/t30-,34-,40?,41?. The van der Waals surface area contributed by atoms with Crippen molar-refractivity contribution in [3.63, 3.8) is 0 Å². The van der Waals surface area contributed by atoms with Gasteiger partial charge in [0.25, 0.3) is 0 Å². The number of benzene rings is 2. The number of nitrogens with zero attached hydrogens (tertiary/aromatic N) is 3. The molecule has 0 spiro atoms. The van der Waals surface area contributed by atoms with Gasteiger partial charge in [0.1, 0.15) is 5.75 Å². The van der Waals surface area contributed by atoms with E-state index in [0.29, 0.717) is 24.7 Å². The molecule has 8 rings (SSSR count). The molecule has 3 aromatic rings. The fourth-order valence-electron chi connectivity index (χ4n) is 8.79. The Kier molecular flexibility index (Phi) is 9.22. The van der Waals surface area contributed by atoms with Crippen molar-refractivity contribution < 1.29 is 14.3 Å². The van der Waals surface area contributed by atoms with Crippen LogP contribution in [-0.4, -0.2) is 47.7 Å². The van der Waals surface area contributed by atoms with E-state index >= 15 is 0 Å². The summed E-state index contributed by atoms with van der Waals surface area (Å²) in [5.74, 6) is 1.33. The number of aromatic nitrogens is 2. The number of rotatable bonds is 11. The molecular formula is C41H56N4O3. The van der Waals surface area contributed by atoms with E-state index in [1.807, 2.05) is 6.20 Å². The maximum Gasteiger partial charge on any atom is 0.230 e. The summed E-state index contributed by atoms with van der Waals surface area (Å²) in [4.78, 5) is 16.9. The Labute approximate surface area is 287 Å². The molecule has 2 aromatic carbocycles. The van der Waals surface area contributed by atoms with Crippen molar-refractivity contribution in [2.24, 2.45) is 11.3 Å². The van der Waals surface area contributed by atoms with Crippen LogP contribution in [-0.2, 0) is 14.9 Å². The van der Waals surface area contributed by atoms with Crippen LogP contribution in [0.4, 0.5) is 5.69 Å². The zero-order valence-corrected chi connectivity index (χ0v) is 29.9. The number of aryl methyl sites for hydroxylation is 1. The van der Waals surface area contributed by atoms with Crippen molar-refractivity contribution in [3.8, 4) is 16.9 Å². The number of nitrogens with one attached hydrogen (secondary N) is 1. The first kappa shape index (κ1) is 33.3. The third kappa shape index (κ3) is 7.09. The molecular weight excluding hydrogens is 596 g/mol. The Balaban J connectivity index is 1.09. The van der Waals surface area contributed by atoms with E-state index in [1.54, 1.807) is 7.11 Å². The van der Waals surface area contributed by atoms with Gasteiger partial charge in [0.05, 0.1) is 31.7 Å². The van der Waals surface area contributed by atoms with E-state index in [9.17, 15) is 4.79 Å². The molecule has 1 heterocycles. The van der Waals surface area contributed by atoms with Gasteiger partial charge in [0, 0.05) is 36.0 Å². The molecule has 5 aliphatic carbocycles. The van der Waals surface area contributed by atoms with E-state index in [0.717, 1.165) is 54.8 Å². The highest BCUT2D eigenvalue weighted by Crippen LogP contribution is 2.58. The fourth-order valence-corrected chi connectivity index (χ4v) is 8.79. The van der Waals surface area contributed by atoms with Gasteiger partial charge < -0.3 is 14.4 Å². The molecule has 1 amide bonds. The Morgan fingerprint density at radius 1 is 0.958 bits per heavy atom. The first-order chi connectivity index (χ1) is 23.1. The lowest BCUT2D eigenvalue weighted by Crippen LogP contribution is -2.52. The van der Waals surface area contributed by atoms with Crippen LogP contribution < -0.4 is 15.0 Å². The first-order valence-electron chi connectivity index (χ1n) is 18.5. The minimum absolute atomic E-state index is 0.0535. The average Bonchev–Trinajstić information content (AvgIpc) is 3.83. The number of hydrogen-bond donors (Lipinski definition) is 1. The third-order valence-corrected chi connectivity index (χ3v) is 12.1. The van der Waals surface area contributed by atoms with Gasteiger partial charge in [-0.05, 0) is 150 Å². The summed E-state index contributed by atoms with van der Waals surface area (Å²) in [5, 5.41) is 8.25. The monoisotopic (exact) mass is 652 g/mol. The Morgan fingerprint density at radius 2 is 1.69 bits per heavy atom. The molecule has 5 aliphatic rings. The molecule has 5 saturated carbocycles. The van der Waals surface area contributed by atoms with Gasteiger partial charge in [-0.3, -0.25) is 14.8 Å². The zero-order valence-electron chi connectivity index (χ0n) is 29.9. The van der Waals surface area contributed by atoms with Crippen molar-refractivity contribution in [2.45, 2.75) is 128 Å². The number of amides is 1. The average molecular weight is 653 g/mol. The summed E-state index contributed by atoms with van der Waals surface area (Å²) in [6.07, 6.45) is 17.5. The predicted molar refractivity (Wildman–Crippen MR) is 192 cm³/mol. The minimum atomic E-state index is -0.156. The molecule has 2 bridgehead atoms. The molecule has 258 valence electrons. The van der Waals surface area contributed by atoms with Crippen LogP contribution in [0.25, 0.3) is 11.1 Å². The third-order valence-electron chi connectivity index (χ3n) is 12.1. The highest BCUT2D eigenvalue weighted by atomic mass is 16.5. The lowest BCUT2D eigenvalue weighted by atomic mass is 9.51. The van der Waals surface area contributed by atoms with E-state index in [-0.39, 0.29) is 22.3 Å². The van der Waals surface area contributed by atoms with Crippen LogP contribution in [0.15, 0.2) is 54.9 Å². The number of hydrogen-bond acceptors (Lipinski definition) is 5. The summed E-state index contributed by atoms with van der Waals surface area (Å²) < 4.78 is 13.6. The molecule has 1 N–H and O–H groups in total. The number of carbonyl (C=O) groups is 1. The normalized spacial score (nSPS) is 27.2. The van der Waals surface area contributed by atoms with Crippen LogP contribution >= 0.6 is 0 Å². The van der Waals surface area contributed by atoms with E-state index in [4.69, 9.17) is 9.47 Å². The van der Waals surface area contributed by atoms with Gasteiger partial charge in [-0.25, -0.2) is 0 Å². The van der Waals surface area contributed by atoms with Gasteiger partial charge in [-0.1, -0.05) is 24.3 Å². The highest BCUT2D eigenvalue weighted by Gasteiger charge is 2.50. The van der Waals surface area contributed by atoms with E-state index in [2.05, 4.69) is 96.4 Å². The van der Waals surface area contributed by atoms with Gasteiger partial charge in [-0.2, -0.15) is 5.10 Å². The number of fused-ring (bicyclic) bond motifs is 3. The minimum Gasteiger partial charge on any atom is -0.496 e. The molecule has 48 heavy (non-hydrogen) atoms. The topological polar surface area (TPSA) is 68.6 Å². The first-order valence-corrected chi connectivity index (χ1v) is 18.5. The van der Waals surface area contributed by atoms with E-state index in [1.165, 1.54) is 62.5 Å². The van der Waals surface area contributed by atoms with Gasteiger partial charge in [-0.15, -0.1) is 0 Å². The number of carbonyl (C=O) groups excluding carboxylic acids is 1. The van der Waals surface area contributed by atoms with Crippen LogP contribution in [0.1, 0.15) is 115 Å². The van der Waals surface area contributed by atoms with Crippen LogP contribution in [0.5, 0.6) is 5.75 Å². The Morgan fingerprint density at radius 3 is 2.33 bits per heavy atom. The summed E-state index contributed by atoms with van der Waals surface area (Å²) in [6, 6.07) is 16.5. The molecule has 1 aromatic heterocycles. The number of anilines is 1. The quantitative estimate of drug-likeness (QED) is 0.210. The highest BCUT2D eigenvalue weighted by molar-refractivity contribution is 5.96. The largest absolute Gasteiger partial charge is 0.496 e. The predicted octanol–water partition coefficient (Wildman–Crippen LogP) is 8.75. The number of methoxy groups -OCH3 is 1. The lowest BCUT2D eigenvalue weighted by molar-refractivity contribution is -0.124. The summed E-state index contributed by atoms with van der Waals surface area (Å²) >= 11 is 0. The molecule has 0 aliphatic heterocycles. The maximum absolute atomic E-state index is 14.7. The lowest BCUT2D eigenvalue weighted by Gasteiger charge is -2.55. The smallest absolute Gasteiger partial charge is 0.230 e. The van der Waals surface area contributed by atoms with Crippen molar-refractivity contribution >= 4 is 11.6 Å². The Hall–Kier alpha value is -3.16. The molecule has 0 radical (unpaired) electrons. The molecule has 7 heteroatoms. The summed E-state index contributed by atoms with van der Waals surface area (Å²) in [6.45, 7) is 9.79. The van der Waals surface area contributed by atoms with Crippen molar-refractivity contribution in [2.75, 3.05) is 25.3 Å². The second-order valence-electron chi connectivity index (χ2n) is 16.5. The molecule has 0 unspecified atom stereocenters. The summed E-state index contributed by atoms with van der Waals surface area (Å²) in [7, 11) is 1.76. The van der Waals surface area contributed by atoms with Crippen molar-refractivity contribution in [1.82, 2.24) is 15.1 Å². The second kappa shape index (κ2) is 13.3. The van der Waals surface area contributed by atoms with Gasteiger partial charge in [0.15, 0.2) is 0 Å². The fraction of sp³-hybridized carbons (Fsp3) is 0.610. The van der Waals surface area contributed by atoms with Gasteiger partial charge >= 0.3 is 0 Å². The van der Waals surface area contributed by atoms with Crippen LogP contribution in [0.2, 0.25) is 0 Å². The van der Waals surface area contributed by atoms with Crippen molar-refractivity contribution in [3.05, 3.63) is 66.0 Å². The molecule has 5 fully saturated rings. The summed E-state index contributed by atoms with van der Waals surface area (Å²) in [5.41, 5.74) is 6.26. The second-order valence-corrected chi connectivity index (χ2v) is 16.5. The molecule has 7 nitrogen and oxygen atoms in total. The van der Waals surface area contributed by atoms with Crippen molar-refractivity contribution in [1.29, 1.82) is 0 Å². The zero-order chi connectivity index (χ0) is 33.5. The molecule has 0 atom stereocenters. The number of ether oxygens (including phenoxy) is 2. The maximum atomic E-state index is 14.7. The molecule has 0 saturated heterocycles. The Bertz CT molecular complexity index is 1570.